The van der Waals surface area contributed by atoms with E-state index in [0.717, 1.165) is 60.8 Å². The molecule has 0 aromatic rings. The van der Waals surface area contributed by atoms with Gasteiger partial charge in [0, 0.05) is 48.5 Å². The maximum absolute atomic E-state index is 12.4. The number of nitriles is 1. The van der Waals surface area contributed by atoms with Gasteiger partial charge in [-0.25, -0.2) is 0 Å². The maximum Gasteiger partial charge on any atom is 0.303 e. The lowest BCUT2D eigenvalue weighted by molar-refractivity contribution is -0.384. The highest BCUT2D eigenvalue weighted by molar-refractivity contribution is 5.69. The van der Waals surface area contributed by atoms with Gasteiger partial charge in [-0.05, 0) is 0 Å². The molecule has 0 unspecified atom stereocenters. The van der Waals surface area contributed by atoms with Gasteiger partial charge in [0.25, 0.3) is 0 Å². The molecule has 0 amide bonds. The second kappa shape index (κ2) is 17.9. The van der Waals surface area contributed by atoms with Crippen LogP contribution in [-0.4, -0.2) is 116 Å². The largest absolute Gasteiger partial charge is 0.498 e. The molecule has 2 aliphatic rings. The standard InChI is InChI=1S/C29H37NO18/c1-14(31)39-12-21-23(41-16(3)33)25(43-18(5)35)26(44-19(6)36)28(46-21)48-29(13-40-15(2)32)27(45-20(7)37)24(42-17(4)34)22(47-29)11-38-10-8-9-30/h8,10,21-28H,11-13H2,1-7H3/b10-8+/t21-,22-,23-,24-,25+,26-,27+,28-,29+/m1/s1. The average molecular weight is 688 g/mol. The Morgan fingerprint density at radius 1 is 0.646 bits per heavy atom. The minimum atomic E-state index is -2.45. The van der Waals surface area contributed by atoms with Crippen LogP contribution in [-0.2, 0) is 85.7 Å². The number of allylic oxidation sites excluding steroid dienone is 1. The van der Waals surface area contributed by atoms with Crippen LogP contribution in [0.15, 0.2) is 12.3 Å². The van der Waals surface area contributed by atoms with Gasteiger partial charge in [-0.3, -0.25) is 33.6 Å². The zero-order valence-electron chi connectivity index (χ0n) is 27.2. The van der Waals surface area contributed by atoms with E-state index in [-0.39, 0.29) is 0 Å². The molecule has 0 aliphatic carbocycles. The first-order valence-corrected chi connectivity index (χ1v) is 14.3. The minimum absolute atomic E-state index is 0.447. The Labute approximate surface area is 274 Å². The Kier molecular flexibility index (Phi) is 14.7. The number of carbonyl (C=O) groups is 7. The van der Waals surface area contributed by atoms with Crippen molar-refractivity contribution < 1.29 is 85.7 Å². The lowest BCUT2D eigenvalue weighted by atomic mass is 9.97. The Morgan fingerprint density at radius 3 is 1.69 bits per heavy atom. The highest BCUT2D eigenvalue weighted by Crippen LogP contribution is 2.41. The number of carbonyl (C=O) groups excluding carboxylic acids is 7. The maximum atomic E-state index is 12.4. The SMILES string of the molecule is CC(=O)OC[C@H]1O[C@H](O[C@]2(COC(C)=O)O[C@H](CO/C=C/C#N)[C@@H](OC(C)=O)[C@@H]2OC(C)=O)[C@H](OC(C)=O)[C@@H](OC(C)=O)[C@@H]1OC(C)=O. The fourth-order valence-electron chi connectivity index (χ4n) is 4.79. The monoisotopic (exact) mass is 687 g/mol. The van der Waals surface area contributed by atoms with Crippen LogP contribution in [0.3, 0.4) is 0 Å². The van der Waals surface area contributed by atoms with Gasteiger partial charge < -0.3 is 52.1 Å². The fraction of sp³-hybridized carbons (Fsp3) is 0.655. The average Bonchev–Trinajstić information content (AvgIpc) is 3.22. The van der Waals surface area contributed by atoms with Gasteiger partial charge in [-0.15, -0.1) is 0 Å². The van der Waals surface area contributed by atoms with Crippen molar-refractivity contribution in [3.05, 3.63) is 12.3 Å². The minimum Gasteiger partial charge on any atom is -0.498 e. The summed E-state index contributed by atoms with van der Waals surface area (Å²) < 4.78 is 61.0. The van der Waals surface area contributed by atoms with Crippen molar-refractivity contribution >= 4 is 41.8 Å². The molecule has 0 N–H and O–H groups in total. The Hall–Kier alpha value is -4.80. The Balaban J connectivity index is 2.78. The fourth-order valence-corrected chi connectivity index (χ4v) is 4.79. The van der Waals surface area contributed by atoms with E-state index in [1.54, 1.807) is 6.07 Å². The van der Waals surface area contributed by atoms with Gasteiger partial charge in [-0.2, -0.15) is 5.26 Å². The van der Waals surface area contributed by atoms with E-state index in [4.69, 9.17) is 57.4 Å². The predicted octanol–water partition coefficient (Wildman–Crippen LogP) is -0.338. The van der Waals surface area contributed by atoms with Crippen molar-refractivity contribution in [1.29, 1.82) is 5.26 Å². The number of esters is 7. The summed E-state index contributed by atoms with van der Waals surface area (Å²) in [6, 6.07) is 1.71. The van der Waals surface area contributed by atoms with E-state index in [2.05, 4.69) is 0 Å². The molecule has 2 saturated heterocycles. The molecule has 2 heterocycles. The first-order valence-electron chi connectivity index (χ1n) is 14.3. The molecule has 19 nitrogen and oxygen atoms in total. The number of hydrogen-bond donors (Lipinski definition) is 0. The molecule has 48 heavy (non-hydrogen) atoms. The third-order valence-corrected chi connectivity index (χ3v) is 6.28. The second-order valence-electron chi connectivity index (χ2n) is 10.3. The Bertz CT molecular complexity index is 1290. The topological polar surface area (TPSA) is 245 Å². The molecule has 0 bridgehead atoms. The summed E-state index contributed by atoms with van der Waals surface area (Å²) in [5, 5.41) is 8.80. The lowest BCUT2D eigenvalue weighted by Gasteiger charge is -2.46. The van der Waals surface area contributed by atoms with E-state index < -0.39 is 116 Å². The molecular formula is C29H37NO18. The normalized spacial score (nSPS) is 29.5. The van der Waals surface area contributed by atoms with Crippen molar-refractivity contribution in [2.75, 3.05) is 19.8 Å². The molecule has 0 radical (unpaired) electrons. The lowest BCUT2D eigenvalue weighted by Crippen LogP contribution is -2.65. The smallest absolute Gasteiger partial charge is 0.303 e. The quantitative estimate of drug-likeness (QED) is 0.0981. The summed E-state index contributed by atoms with van der Waals surface area (Å²) in [5.41, 5.74) is 0. The van der Waals surface area contributed by atoms with E-state index in [0.29, 0.717) is 0 Å². The Morgan fingerprint density at radius 2 is 1.17 bits per heavy atom. The predicted molar refractivity (Wildman–Crippen MR) is 149 cm³/mol. The molecule has 2 aliphatic heterocycles. The van der Waals surface area contributed by atoms with Crippen LogP contribution in [0.5, 0.6) is 0 Å². The first-order chi connectivity index (χ1) is 22.5. The van der Waals surface area contributed by atoms with Crippen molar-refractivity contribution in [2.45, 2.75) is 103 Å². The molecule has 0 aromatic carbocycles. The van der Waals surface area contributed by atoms with Crippen LogP contribution in [0, 0.1) is 11.3 Å². The van der Waals surface area contributed by atoms with Gasteiger partial charge in [0.2, 0.25) is 12.1 Å². The summed E-state index contributed by atoms with van der Waals surface area (Å²) >= 11 is 0. The van der Waals surface area contributed by atoms with Gasteiger partial charge in [0.05, 0.1) is 18.4 Å². The molecule has 2 fully saturated rings. The van der Waals surface area contributed by atoms with Crippen LogP contribution >= 0.6 is 0 Å². The third kappa shape index (κ3) is 11.5. The molecule has 266 valence electrons. The highest BCUT2D eigenvalue weighted by Gasteiger charge is 2.64. The summed E-state index contributed by atoms with van der Waals surface area (Å²) in [4.78, 5) is 85.0. The first kappa shape index (κ1) is 39.4. The van der Waals surface area contributed by atoms with Crippen molar-refractivity contribution in [3.8, 4) is 6.07 Å². The molecule has 9 atom stereocenters. The summed E-state index contributed by atoms with van der Waals surface area (Å²) in [5.74, 6) is -8.67. The number of rotatable bonds is 14. The van der Waals surface area contributed by atoms with Crippen LogP contribution in [0.4, 0.5) is 0 Å². The number of ether oxygens (including phenoxy) is 11. The van der Waals surface area contributed by atoms with Crippen LogP contribution < -0.4 is 0 Å². The number of hydrogen-bond acceptors (Lipinski definition) is 19. The van der Waals surface area contributed by atoms with E-state index in [1.165, 1.54) is 0 Å². The van der Waals surface area contributed by atoms with E-state index in [9.17, 15) is 33.6 Å². The van der Waals surface area contributed by atoms with Crippen molar-refractivity contribution in [3.63, 3.8) is 0 Å². The summed E-state index contributed by atoms with van der Waals surface area (Å²) in [6.45, 7) is 5.27. The molecule has 0 saturated carbocycles. The van der Waals surface area contributed by atoms with Crippen LogP contribution in [0.25, 0.3) is 0 Å². The summed E-state index contributed by atoms with van der Waals surface area (Å²) in [6.07, 6.45) is -11.0. The zero-order chi connectivity index (χ0) is 36.2. The van der Waals surface area contributed by atoms with Gasteiger partial charge >= 0.3 is 41.8 Å². The summed E-state index contributed by atoms with van der Waals surface area (Å²) in [7, 11) is 0. The number of nitrogens with zero attached hydrogens (tertiary/aromatic N) is 1. The zero-order valence-corrected chi connectivity index (χ0v) is 27.2. The van der Waals surface area contributed by atoms with Gasteiger partial charge in [-0.1, -0.05) is 0 Å². The molecule has 0 spiro atoms. The van der Waals surface area contributed by atoms with Gasteiger partial charge in [0.1, 0.15) is 32.0 Å². The van der Waals surface area contributed by atoms with Crippen LogP contribution in [0.1, 0.15) is 48.5 Å². The van der Waals surface area contributed by atoms with Crippen LogP contribution in [0.2, 0.25) is 0 Å². The van der Waals surface area contributed by atoms with Gasteiger partial charge in [0.15, 0.2) is 30.5 Å². The highest BCUT2D eigenvalue weighted by atomic mass is 16.8. The molecular weight excluding hydrogens is 650 g/mol. The van der Waals surface area contributed by atoms with Crippen molar-refractivity contribution in [2.24, 2.45) is 0 Å². The van der Waals surface area contributed by atoms with E-state index >= 15 is 0 Å². The second-order valence-corrected chi connectivity index (χ2v) is 10.3. The molecule has 2 rings (SSSR count). The van der Waals surface area contributed by atoms with Crippen molar-refractivity contribution in [1.82, 2.24) is 0 Å². The molecule has 19 heteroatoms. The molecule has 0 aromatic heterocycles. The van der Waals surface area contributed by atoms with E-state index in [1.807, 2.05) is 0 Å². The third-order valence-electron chi connectivity index (χ3n) is 6.28.